The van der Waals surface area contributed by atoms with E-state index in [1.165, 1.54) is 0 Å². The number of hydrogen-bond acceptors (Lipinski definition) is 3. The van der Waals surface area contributed by atoms with Gasteiger partial charge < -0.3 is 5.11 Å². The fraction of sp³-hybridized carbons (Fsp3) is 1.00. The first-order chi connectivity index (χ1) is 7.16. The van der Waals surface area contributed by atoms with E-state index in [0.717, 1.165) is 19.6 Å². The van der Waals surface area contributed by atoms with E-state index in [2.05, 4.69) is 51.3 Å². The molecule has 0 saturated carbocycles. The molecule has 0 radical (unpaired) electrons. The Hall–Kier alpha value is -0.120. The number of aliphatic hydroxyl groups excluding tert-OH is 1. The molecule has 0 unspecified atom stereocenters. The minimum Gasteiger partial charge on any atom is -0.395 e. The number of hydrogen-bond donors (Lipinski definition) is 1. The molecular weight excluding hydrogens is 200 g/mol. The maximum absolute atomic E-state index is 9.54. The SMILES string of the molecule is CC(C)(C)N1CCN(C(C)(C)C)[C@H](CO)C1. The number of aliphatic hydroxyl groups is 1. The molecule has 1 rings (SSSR count). The molecule has 0 aromatic heterocycles. The Kier molecular flexibility index (Phi) is 4.04. The van der Waals surface area contributed by atoms with Crippen LogP contribution in [0.2, 0.25) is 0 Å². The summed E-state index contributed by atoms with van der Waals surface area (Å²) in [6.45, 7) is 16.8. The van der Waals surface area contributed by atoms with E-state index in [4.69, 9.17) is 0 Å². The third-order valence-corrected chi connectivity index (χ3v) is 3.50. The average Bonchev–Trinajstić information content (AvgIpc) is 2.14. The van der Waals surface area contributed by atoms with Gasteiger partial charge in [-0.3, -0.25) is 9.80 Å². The summed E-state index contributed by atoms with van der Waals surface area (Å²) in [6.07, 6.45) is 0. The first-order valence-electron chi connectivity index (χ1n) is 6.29. The predicted molar refractivity (Wildman–Crippen MR) is 68.7 cm³/mol. The van der Waals surface area contributed by atoms with E-state index in [1.54, 1.807) is 0 Å². The van der Waals surface area contributed by atoms with Crippen LogP contribution in [0.3, 0.4) is 0 Å². The molecule has 1 aliphatic rings. The summed E-state index contributed by atoms with van der Waals surface area (Å²) in [5.74, 6) is 0. The topological polar surface area (TPSA) is 26.7 Å². The summed E-state index contributed by atoms with van der Waals surface area (Å²) in [5.41, 5.74) is 0.356. The van der Waals surface area contributed by atoms with Gasteiger partial charge in [0.2, 0.25) is 0 Å². The van der Waals surface area contributed by atoms with E-state index >= 15 is 0 Å². The van der Waals surface area contributed by atoms with E-state index in [9.17, 15) is 5.11 Å². The highest BCUT2D eigenvalue weighted by Gasteiger charge is 2.36. The standard InChI is InChI=1S/C13H28N2O/c1-12(2,3)14-7-8-15(13(4,5)6)11(9-14)10-16/h11,16H,7-10H2,1-6H3/t11-/m0/s1. The molecule has 0 aliphatic carbocycles. The summed E-state index contributed by atoms with van der Waals surface area (Å²) < 4.78 is 0. The molecule has 0 aromatic rings. The summed E-state index contributed by atoms with van der Waals surface area (Å²) in [4.78, 5) is 4.89. The third kappa shape index (κ3) is 3.19. The van der Waals surface area contributed by atoms with Gasteiger partial charge in [-0.1, -0.05) is 0 Å². The van der Waals surface area contributed by atoms with Crippen LogP contribution in [0.1, 0.15) is 41.5 Å². The molecule has 3 heteroatoms. The summed E-state index contributed by atoms with van der Waals surface area (Å²) >= 11 is 0. The molecule has 0 bridgehead atoms. The van der Waals surface area contributed by atoms with Crippen LogP contribution in [0.4, 0.5) is 0 Å². The smallest absolute Gasteiger partial charge is 0.0599 e. The zero-order chi connectivity index (χ0) is 12.6. The highest BCUT2D eigenvalue weighted by atomic mass is 16.3. The van der Waals surface area contributed by atoms with Crippen molar-refractivity contribution >= 4 is 0 Å². The van der Waals surface area contributed by atoms with Crippen molar-refractivity contribution in [2.24, 2.45) is 0 Å². The Morgan fingerprint density at radius 2 is 1.56 bits per heavy atom. The lowest BCUT2D eigenvalue weighted by molar-refractivity contribution is -0.0401. The van der Waals surface area contributed by atoms with E-state index in [0.29, 0.717) is 0 Å². The fourth-order valence-electron chi connectivity index (χ4n) is 2.50. The van der Waals surface area contributed by atoms with Gasteiger partial charge in [-0.25, -0.2) is 0 Å². The fourth-order valence-corrected chi connectivity index (χ4v) is 2.50. The van der Waals surface area contributed by atoms with Crippen LogP contribution >= 0.6 is 0 Å². The molecule has 0 amide bonds. The number of nitrogens with zero attached hydrogens (tertiary/aromatic N) is 2. The van der Waals surface area contributed by atoms with Gasteiger partial charge in [0.25, 0.3) is 0 Å². The lowest BCUT2D eigenvalue weighted by Gasteiger charge is -2.50. The van der Waals surface area contributed by atoms with Gasteiger partial charge in [-0.15, -0.1) is 0 Å². The van der Waals surface area contributed by atoms with Crippen LogP contribution in [-0.4, -0.2) is 58.3 Å². The summed E-state index contributed by atoms with van der Waals surface area (Å²) in [6, 6.07) is 0.271. The Balaban J connectivity index is 2.72. The quantitative estimate of drug-likeness (QED) is 0.738. The molecule has 16 heavy (non-hydrogen) atoms. The minimum absolute atomic E-state index is 0.150. The zero-order valence-corrected chi connectivity index (χ0v) is 11.7. The van der Waals surface area contributed by atoms with Crippen molar-refractivity contribution < 1.29 is 5.11 Å². The second-order valence-corrected chi connectivity index (χ2v) is 6.82. The molecule has 3 nitrogen and oxygen atoms in total. The van der Waals surface area contributed by atoms with Crippen molar-refractivity contribution in [2.75, 3.05) is 26.2 Å². The molecule has 1 heterocycles. The Morgan fingerprint density at radius 3 is 1.94 bits per heavy atom. The molecule has 0 spiro atoms. The van der Waals surface area contributed by atoms with Crippen molar-refractivity contribution in [2.45, 2.75) is 58.7 Å². The van der Waals surface area contributed by atoms with Gasteiger partial charge in [0, 0.05) is 36.8 Å². The van der Waals surface area contributed by atoms with Crippen LogP contribution in [0.5, 0.6) is 0 Å². The summed E-state index contributed by atoms with van der Waals surface area (Å²) in [5, 5.41) is 9.54. The largest absolute Gasteiger partial charge is 0.395 e. The Morgan fingerprint density at radius 1 is 1.00 bits per heavy atom. The highest BCUT2D eigenvalue weighted by Crippen LogP contribution is 2.24. The van der Waals surface area contributed by atoms with Crippen molar-refractivity contribution in [3.8, 4) is 0 Å². The van der Waals surface area contributed by atoms with E-state index < -0.39 is 0 Å². The normalized spacial score (nSPS) is 26.1. The van der Waals surface area contributed by atoms with Crippen LogP contribution < -0.4 is 0 Å². The number of rotatable bonds is 1. The van der Waals surface area contributed by atoms with Gasteiger partial charge in [0.1, 0.15) is 0 Å². The lowest BCUT2D eigenvalue weighted by atomic mass is 9.97. The first kappa shape index (κ1) is 13.9. The molecule has 96 valence electrons. The zero-order valence-electron chi connectivity index (χ0n) is 11.7. The van der Waals surface area contributed by atoms with Gasteiger partial charge in [-0.05, 0) is 41.5 Å². The Bertz CT molecular complexity index is 227. The highest BCUT2D eigenvalue weighted by molar-refractivity contribution is 4.92. The minimum atomic E-state index is 0.150. The molecular formula is C13H28N2O. The van der Waals surface area contributed by atoms with Gasteiger partial charge >= 0.3 is 0 Å². The maximum Gasteiger partial charge on any atom is 0.0599 e. The molecule has 1 fully saturated rings. The molecule has 1 aliphatic heterocycles. The van der Waals surface area contributed by atoms with Crippen molar-refractivity contribution in [3.05, 3.63) is 0 Å². The van der Waals surface area contributed by atoms with Gasteiger partial charge in [-0.2, -0.15) is 0 Å². The van der Waals surface area contributed by atoms with Gasteiger partial charge in [0.15, 0.2) is 0 Å². The molecule has 0 aromatic carbocycles. The monoisotopic (exact) mass is 228 g/mol. The average molecular weight is 228 g/mol. The van der Waals surface area contributed by atoms with E-state index in [-0.39, 0.29) is 23.7 Å². The van der Waals surface area contributed by atoms with Crippen molar-refractivity contribution in [3.63, 3.8) is 0 Å². The Labute approximate surface area is 100 Å². The third-order valence-electron chi connectivity index (χ3n) is 3.50. The molecule has 1 atom stereocenters. The summed E-state index contributed by atoms with van der Waals surface area (Å²) in [7, 11) is 0. The van der Waals surface area contributed by atoms with Crippen LogP contribution in [-0.2, 0) is 0 Å². The van der Waals surface area contributed by atoms with E-state index in [1.807, 2.05) is 0 Å². The second kappa shape index (κ2) is 4.63. The van der Waals surface area contributed by atoms with Crippen molar-refractivity contribution in [1.29, 1.82) is 0 Å². The first-order valence-corrected chi connectivity index (χ1v) is 6.29. The molecule has 1 saturated heterocycles. The molecule has 1 N–H and O–H groups in total. The van der Waals surface area contributed by atoms with Crippen LogP contribution in [0.25, 0.3) is 0 Å². The predicted octanol–water partition coefficient (Wildman–Crippen LogP) is 1.56. The van der Waals surface area contributed by atoms with Crippen LogP contribution in [0.15, 0.2) is 0 Å². The number of piperazine rings is 1. The van der Waals surface area contributed by atoms with Crippen molar-refractivity contribution in [1.82, 2.24) is 9.80 Å². The van der Waals surface area contributed by atoms with Crippen LogP contribution in [0, 0.1) is 0 Å². The second-order valence-electron chi connectivity index (χ2n) is 6.82. The lowest BCUT2D eigenvalue weighted by Crippen LogP contribution is -2.63. The maximum atomic E-state index is 9.54. The van der Waals surface area contributed by atoms with Gasteiger partial charge in [0.05, 0.1) is 6.61 Å².